The van der Waals surface area contributed by atoms with Gasteiger partial charge in [0, 0.05) is 18.0 Å². The second-order valence-electron chi connectivity index (χ2n) is 5.08. The lowest BCUT2D eigenvalue weighted by Crippen LogP contribution is -2.09. The molecule has 1 amide bonds. The number of hydrogen-bond donors (Lipinski definition) is 3. The van der Waals surface area contributed by atoms with Crippen molar-refractivity contribution in [3.8, 4) is 12.3 Å². The zero-order chi connectivity index (χ0) is 17.2. The Labute approximate surface area is 140 Å². The lowest BCUT2D eigenvalue weighted by atomic mass is 10.2. The molecule has 0 atom stereocenters. The summed E-state index contributed by atoms with van der Waals surface area (Å²) in [5, 5.41) is 16.9. The monoisotopic (exact) mass is 330 g/mol. The fraction of sp³-hybridized carbons (Fsp3) is 0. The minimum Gasteiger partial charge on any atom is -0.340 e. The molecule has 120 valence electrons. The van der Waals surface area contributed by atoms with E-state index in [2.05, 4.69) is 41.0 Å². The van der Waals surface area contributed by atoms with Crippen LogP contribution in [0.1, 0.15) is 0 Å². The van der Waals surface area contributed by atoms with Crippen LogP contribution in [0.3, 0.4) is 0 Å². The van der Waals surface area contributed by atoms with E-state index in [4.69, 9.17) is 6.42 Å². The maximum absolute atomic E-state index is 11.3. The Balaban J connectivity index is 1.69. The van der Waals surface area contributed by atoms with Gasteiger partial charge in [0.25, 0.3) is 0 Å². The summed E-state index contributed by atoms with van der Waals surface area (Å²) in [6.45, 7) is 0. The van der Waals surface area contributed by atoms with Gasteiger partial charge >= 0.3 is 5.91 Å². The van der Waals surface area contributed by atoms with E-state index in [1.165, 1.54) is 6.33 Å². The van der Waals surface area contributed by atoms with Crippen LogP contribution >= 0.6 is 0 Å². The molecule has 0 aliphatic rings. The molecule has 0 fully saturated rings. The molecule has 1 aromatic carbocycles. The van der Waals surface area contributed by atoms with Crippen molar-refractivity contribution < 1.29 is 4.79 Å². The molecule has 0 saturated heterocycles. The third-order valence-electron chi connectivity index (χ3n) is 3.48. The fourth-order valence-corrected chi connectivity index (χ4v) is 2.33. The molecule has 4 aromatic rings. The molecule has 0 radical (unpaired) electrons. The van der Waals surface area contributed by atoms with Crippen molar-refractivity contribution in [3.63, 3.8) is 0 Å². The van der Waals surface area contributed by atoms with Crippen LogP contribution in [-0.2, 0) is 4.79 Å². The molecule has 3 N–H and O–H groups in total. The Bertz CT molecular complexity index is 1140. The van der Waals surface area contributed by atoms with Crippen LogP contribution in [0.4, 0.5) is 17.3 Å². The standard InChI is InChI=1S/C16H10N8O/c1-2-15(25)21-14-6-12-10(7-17-14)16(19-8-18-12)20-9-3-4-11-13(5-9)23-24-22-11/h1,3-8H,(H,17,21,25)(H,18,19,20)(H,22,23,24). The second-order valence-corrected chi connectivity index (χ2v) is 5.08. The SMILES string of the molecule is C#CC(=O)Nc1cc2ncnc(Nc3ccc4[nH]nnc4c3)c2cn1. The summed E-state index contributed by atoms with van der Waals surface area (Å²) in [6.07, 6.45) is 8.03. The van der Waals surface area contributed by atoms with Gasteiger partial charge in [-0.15, -0.1) is 11.5 Å². The van der Waals surface area contributed by atoms with E-state index >= 15 is 0 Å². The van der Waals surface area contributed by atoms with Crippen LogP contribution in [0, 0.1) is 12.3 Å². The van der Waals surface area contributed by atoms with Crippen molar-refractivity contribution >= 4 is 45.2 Å². The van der Waals surface area contributed by atoms with Gasteiger partial charge in [0.15, 0.2) is 0 Å². The quantitative estimate of drug-likeness (QED) is 0.488. The number of fused-ring (bicyclic) bond motifs is 2. The molecule has 0 aliphatic heterocycles. The highest BCUT2D eigenvalue weighted by Crippen LogP contribution is 2.25. The number of carbonyl (C=O) groups excluding carboxylic acids is 1. The Kier molecular flexibility index (Phi) is 3.40. The smallest absolute Gasteiger partial charge is 0.301 e. The van der Waals surface area contributed by atoms with E-state index < -0.39 is 5.91 Å². The number of rotatable bonds is 3. The normalized spacial score (nSPS) is 10.5. The highest BCUT2D eigenvalue weighted by atomic mass is 16.1. The number of terminal acetylenes is 1. The number of aromatic amines is 1. The largest absolute Gasteiger partial charge is 0.340 e. The van der Waals surface area contributed by atoms with E-state index in [1.807, 2.05) is 24.1 Å². The van der Waals surface area contributed by atoms with Crippen LogP contribution in [-0.4, -0.2) is 36.3 Å². The third kappa shape index (κ3) is 2.79. The Morgan fingerprint density at radius 2 is 2.08 bits per heavy atom. The van der Waals surface area contributed by atoms with Gasteiger partial charge in [0.05, 0.1) is 16.4 Å². The number of hydrogen-bond acceptors (Lipinski definition) is 7. The highest BCUT2D eigenvalue weighted by molar-refractivity contribution is 6.04. The van der Waals surface area contributed by atoms with Gasteiger partial charge in [0.1, 0.15) is 23.5 Å². The molecule has 0 saturated carbocycles. The van der Waals surface area contributed by atoms with E-state index in [1.54, 1.807) is 12.3 Å². The zero-order valence-corrected chi connectivity index (χ0v) is 12.7. The molecule has 9 nitrogen and oxygen atoms in total. The number of anilines is 3. The van der Waals surface area contributed by atoms with Crippen molar-refractivity contribution in [2.24, 2.45) is 0 Å². The summed E-state index contributed by atoms with van der Waals surface area (Å²) in [4.78, 5) is 23.9. The summed E-state index contributed by atoms with van der Waals surface area (Å²) in [5.41, 5.74) is 2.99. The van der Waals surface area contributed by atoms with Crippen LogP contribution in [0.5, 0.6) is 0 Å². The lowest BCUT2D eigenvalue weighted by molar-refractivity contribution is -0.111. The Hall–Kier alpha value is -4.06. The number of nitrogens with one attached hydrogen (secondary N) is 3. The van der Waals surface area contributed by atoms with Gasteiger partial charge in [-0.25, -0.2) is 15.0 Å². The first-order chi connectivity index (χ1) is 12.2. The topological polar surface area (TPSA) is 121 Å². The molecule has 0 unspecified atom stereocenters. The predicted octanol–water partition coefficient (Wildman–Crippen LogP) is 1.61. The van der Waals surface area contributed by atoms with Crippen LogP contribution in [0.15, 0.2) is 36.8 Å². The summed E-state index contributed by atoms with van der Waals surface area (Å²) in [5.74, 6) is 2.30. The Morgan fingerprint density at radius 3 is 2.96 bits per heavy atom. The lowest BCUT2D eigenvalue weighted by Gasteiger charge is -2.09. The van der Waals surface area contributed by atoms with Gasteiger partial charge in [-0.3, -0.25) is 15.2 Å². The first-order valence-electron chi connectivity index (χ1n) is 7.19. The number of aromatic nitrogens is 6. The van der Waals surface area contributed by atoms with Gasteiger partial charge in [-0.05, 0) is 24.1 Å². The molecule has 25 heavy (non-hydrogen) atoms. The van der Waals surface area contributed by atoms with Gasteiger partial charge < -0.3 is 5.32 Å². The summed E-state index contributed by atoms with van der Waals surface area (Å²) in [7, 11) is 0. The summed E-state index contributed by atoms with van der Waals surface area (Å²) >= 11 is 0. The number of amides is 1. The van der Waals surface area contributed by atoms with Gasteiger partial charge in [-0.2, -0.15) is 0 Å². The first kappa shape index (κ1) is 14.5. The van der Waals surface area contributed by atoms with E-state index in [0.717, 1.165) is 16.7 Å². The minimum atomic E-state index is -0.569. The van der Waals surface area contributed by atoms with Crippen molar-refractivity contribution in [1.82, 2.24) is 30.4 Å². The molecule has 0 bridgehead atoms. The van der Waals surface area contributed by atoms with E-state index in [0.29, 0.717) is 22.5 Å². The summed E-state index contributed by atoms with van der Waals surface area (Å²) in [6, 6.07) is 7.22. The molecule has 3 heterocycles. The van der Waals surface area contributed by atoms with Crippen molar-refractivity contribution in [3.05, 3.63) is 36.8 Å². The second kappa shape index (κ2) is 5.86. The van der Waals surface area contributed by atoms with Crippen LogP contribution < -0.4 is 10.6 Å². The molecule has 0 aliphatic carbocycles. The predicted molar refractivity (Wildman–Crippen MR) is 92.0 cm³/mol. The molecule has 9 heteroatoms. The molecule has 3 aromatic heterocycles. The maximum atomic E-state index is 11.3. The minimum absolute atomic E-state index is 0.323. The van der Waals surface area contributed by atoms with Gasteiger partial charge in [0.2, 0.25) is 0 Å². The van der Waals surface area contributed by atoms with Gasteiger partial charge in [-0.1, -0.05) is 5.21 Å². The summed E-state index contributed by atoms with van der Waals surface area (Å²) < 4.78 is 0. The third-order valence-corrected chi connectivity index (χ3v) is 3.48. The number of nitrogens with zero attached hydrogens (tertiary/aromatic N) is 5. The number of carbonyl (C=O) groups is 1. The zero-order valence-electron chi connectivity index (χ0n) is 12.7. The van der Waals surface area contributed by atoms with Crippen LogP contribution in [0.25, 0.3) is 21.9 Å². The first-order valence-corrected chi connectivity index (χ1v) is 7.19. The molecular formula is C16H10N8O. The Morgan fingerprint density at radius 1 is 1.16 bits per heavy atom. The number of H-pyrrole nitrogens is 1. The van der Waals surface area contributed by atoms with E-state index in [9.17, 15) is 4.79 Å². The molecule has 4 rings (SSSR count). The highest BCUT2D eigenvalue weighted by Gasteiger charge is 2.08. The molecule has 0 spiro atoms. The average molecular weight is 330 g/mol. The average Bonchev–Trinajstić information content (AvgIpc) is 3.09. The van der Waals surface area contributed by atoms with E-state index in [-0.39, 0.29) is 0 Å². The fourth-order valence-electron chi connectivity index (χ4n) is 2.33. The molecular weight excluding hydrogens is 320 g/mol. The van der Waals surface area contributed by atoms with Crippen molar-refractivity contribution in [2.45, 2.75) is 0 Å². The van der Waals surface area contributed by atoms with Crippen molar-refractivity contribution in [1.29, 1.82) is 0 Å². The number of benzene rings is 1. The van der Waals surface area contributed by atoms with Crippen molar-refractivity contribution in [2.75, 3.05) is 10.6 Å². The van der Waals surface area contributed by atoms with Crippen LogP contribution in [0.2, 0.25) is 0 Å². The maximum Gasteiger partial charge on any atom is 0.301 e. The number of pyridine rings is 1.